The quantitative estimate of drug-likeness (QED) is 0.938. The van der Waals surface area contributed by atoms with Gasteiger partial charge in [-0.05, 0) is 30.5 Å². The van der Waals surface area contributed by atoms with E-state index in [2.05, 4.69) is 4.98 Å². The van der Waals surface area contributed by atoms with Crippen molar-refractivity contribution in [3.63, 3.8) is 0 Å². The molecule has 0 amide bonds. The zero-order valence-electron chi connectivity index (χ0n) is 11.6. The fraction of sp³-hybridized carbons (Fsp3) is 0.267. The van der Waals surface area contributed by atoms with Crippen LogP contribution in [0.25, 0.3) is 0 Å². The van der Waals surface area contributed by atoms with E-state index in [0.717, 1.165) is 16.7 Å². The first-order chi connectivity index (χ1) is 9.39. The maximum Gasteiger partial charge on any atom is 0.160 e. The predicted octanol–water partition coefficient (Wildman–Crippen LogP) is 2.40. The SMILES string of the molecule is Cc1cnc(CS(=O)(=O)Cc2ccccc2)c(C)c1N. The molecule has 20 heavy (non-hydrogen) atoms. The van der Waals surface area contributed by atoms with Crippen LogP contribution in [-0.4, -0.2) is 13.4 Å². The summed E-state index contributed by atoms with van der Waals surface area (Å²) >= 11 is 0. The lowest BCUT2D eigenvalue weighted by Crippen LogP contribution is -2.11. The Hall–Kier alpha value is -1.88. The Bertz CT molecular complexity index is 710. The topological polar surface area (TPSA) is 73.0 Å². The Balaban J connectivity index is 2.23. The average molecular weight is 290 g/mol. The molecule has 0 aliphatic carbocycles. The van der Waals surface area contributed by atoms with Gasteiger partial charge in [-0.1, -0.05) is 30.3 Å². The van der Waals surface area contributed by atoms with Crippen LogP contribution in [0.3, 0.4) is 0 Å². The van der Waals surface area contributed by atoms with Crippen molar-refractivity contribution in [3.8, 4) is 0 Å². The minimum Gasteiger partial charge on any atom is -0.398 e. The van der Waals surface area contributed by atoms with Crippen LogP contribution in [0.15, 0.2) is 36.5 Å². The van der Waals surface area contributed by atoms with Crippen LogP contribution in [0, 0.1) is 13.8 Å². The first-order valence-corrected chi connectivity index (χ1v) is 8.16. The van der Waals surface area contributed by atoms with E-state index in [4.69, 9.17) is 5.73 Å². The molecule has 106 valence electrons. The van der Waals surface area contributed by atoms with E-state index in [1.165, 1.54) is 0 Å². The van der Waals surface area contributed by atoms with Crippen LogP contribution in [0.5, 0.6) is 0 Å². The van der Waals surface area contributed by atoms with Crippen LogP contribution in [0.4, 0.5) is 5.69 Å². The highest BCUT2D eigenvalue weighted by molar-refractivity contribution is 7.89. The van der Waals surface area contributed by atoms with E-state index in [0.29, 0.717) is 11.4 Å². The Morgan fingerprint density at radius 3 is 2.40 bits per heavy atom. The number of sulfone groups is 1. The molecule has 0 spiro atoms. The number of rotatable bonds is 4. The van der Waals surface area contributed by atoms with Crippen molar-refractivity contribution in [3.05, 3.63) is 58.9 Å². The van der Waals surface area contributed by atoms with Crippen LogP contribution in [0.1, 0.15) is 22.4 Å². The molecular formula is C15H18N2O2S. The van der Waals surface area contributed by atoms with E-state index < -0.39 is 9.84 Å². The zero-order chi connectivity index (χ0) is 14.8. The van der Waals surface area contributed by atoms with E-state index >= 15 is 0 Å². The number of benzene rings is 1. The molecule has 0 aliphatic rings. The Labute approximate surface area is 119 Å². The van der Waals surface area contributed by atoms with Gasteiger partial charge in [-0.15, -0.1) is 0 Å². The second-order valence-electron chi connectivity index (χ2n) is 4.94. The molecule has 4 nitrogen and oxygen atoms in total. The van der Waals surface area contributed by atoms with Gasteiger partial charge in [0.1, 0.15) is 0 Å². The van der Waals surface area contributed by atoms with Crippen molar-refractivity contribution < 1.29 is 8.42 Å². The molecule has 0 atom stereocenters. The third-order valence-electron chi connectivity index (χ3n) is 3.26. The lowest BCUT2D eigenvalue weighted by Gasteiger charge is -2.10. The monoisotopic (exact) mass is 290 g/mol. The number of aromatic nitrogens is 1. The van der Waals surface area contributed by atoms with Gasteiger partial charge in [0.25, 0.3) is 0 Å². The fourth-order valence-corrected chi connectivity index (χ4v) is 3.54. The summed E-state index contributed by atoms with van der Waals surface area (Å²) in [5, 5.41) is 0. The standard InChI is InChI=1S/C15H18N2O2S/c1-11-8-17-14(12(2)15(11)16)10-20(18,19)9-13-6-4-3-5-7-13/h3-8H,9-10H2,1-2H3,(H2,16,17). The molecule has 2 aromatic rings. The van der Waals surface area contributed by atoms with Crippen LogP contribution >= 0.6 is 0 Å². The third kappa shape index (κ3) is 3.36. The second kappa shape index (κ2) is 5.63. The Morgan fingerprint density at radius 2 is 1.75 bits per heavy atom. The van der Waals surface area contributed by atoms with Crippen molar-refractivity contribution in [1.29, 1.82) is 0 Å². The third-order valence-corrected chi connectivity index (χ3v) is 4.75. The molecule has 0 saturated heterocycles. The number of aryl methyl sites for hydroxylation is 1. The summed E-state index contributed by atoms with van der Waals surface area (Å²) in [5.41, 5.74) is 9.47. The minimum atomic E-state index is -3.26. The van der Waals surface area contributed by atoms with E-state index in [9.17, 15) is 8.42 Å². The lowest BCUT2D eigenvalue weighted by atomic mass is 10.1. The van der Waals surface area contributed by atoms with Crippen LogP contribution in [-0.2, 0) is 21.3 Å². The van der Waals surface area contributed by atoms with Gasteiger partial charge in [0.2, 0.25) is 0 Å². The van der Waals surface area contributed by atoms with Gasteiger partial charge in [-0.3, -0.25) is 4.98 Å². The van der Waals surface area contributed by atoms with Crippen molar-refractivity contribution in [2.24, 2.45) is 0 Å². The molecule has 0 bridgehead atoms. The van der Waals surface area contributed by atoms with Crippen molar-refractivity contribution in [2.75, 3.05) is 5.73 Å². The number of hydrogen-bond acceptors (Lipinski definition) is 4. The van der Waals surface area contributed by atoms with Gasteiger partial charge in [0.15, 0.2) is 9.84 Å². The highest BCUT2D eigenvalue weighted by Gasteiger charge is 2.17. The summed E-state index contributed by atoms with van der Waals surface area (Å²) in [4.78, 5) is 4.21. The van der Waals surface area contributed by atoms with Gasteiger partial charge in [-0.25, -0.2) is 8.42 Å². The van der Waals surface area contributed by atoms with Crippen molar-refractivity contribution in [1.82, 2.24) is 4.98 Å². The average Bonchev–Trinajstić information content (AvgIpc) is 2.40. The van der Waals surface area contributed by atoms with Gasteiger partial charge < -0.3 is 5.73 Å². The molecule has 1 aromatic heterocycles. The summed E-state index contributed by atoms with van der Waals surface area (Å²) in [6.07, 6.45) is 1.62. The molecule has 1 aromatic carbocycles. The summed E-state index contributed by atoms with van der Waals surface area (Å²) in [7, 11) is -3.26. The van der Waals surface area contributed by atoms with Gasteiger partial charge >= 0.3 is 0 Å². The molecule has 0 fully saturated rings. The van der Waals surface area contributed by atoms with E-state index in [1.54, 1.807) is 18.3 Å². The number of pyridine rings is 1. The second-order valence-corrected chi connectivity index (χ2v) is 7.01. The van der Waals surface area contributed by atoms with Gasteiger partial charge in [-0.2, -0.15) is 0 Å². The Morgan fingerprint density at radius 1 is 1.10 bits per heavy atom. The fourth-order valence-electron chi connectivity index (χ4n) is 2.03. The highest BCUT2D eigenvalue weighted by atomic mass is 32.2. The first-order valence-electron chi connectivity index (χ1n) is 6.34. The molecule has 0 unspecified atom stereocenters. The summed E-state index contributed by atoms with van der Waals surface area (Å²) in [6.45, 7) is 3.67. The van der Waals surface area contributed by atoms with Gasteiger partial charge in [0.05, 0.1) is 17.2 Å². The van der Waals surface area contributed by atoms with Crippen molar-refractivity contribution in [2.45, 2.75) is 25.4 Å². The Kier molecular flexibility index (Phi) is 4.09. The summed E-state index contributed by atoms with van der Waals surface area (Å²) in [6, 6.07) is 9.14. The predicted molar refractivity (Wildman–Crippen MR) is 80.9 cm³/mol. The molecular weight excluding hydrogens is 272 g/mol. The molecule has 2 N–H and O–H groups in total. The van der Waals surface area contributed by atoms with Gasteiger partial charge in [0, 0.05) is 11.9 Å². The number of nitrogen functional groups attached to an aromatic ring is 1. The largest absolute Gasteiger partial charge is 0.398 e. The van der Waals surface area contributed by atoms with Crippen molar-refractivity contribution >= 4 is 15.5 Å². The number of nitrogens with zero attached hydrogens (tertiary/aromatic N) is 1. The molecule has 0 radical (unpaired) electrons. The van der Waals surface area contributed by atoms with Crippen LogP contribution < -0.4 is 5.73 Å². The molecule has 0 saturated carbocycles. The smallest absolute Gasteiger partial charge is 0.160 e. The summed E-state index contributed by atoms with van der Waals surface area (Å²) < 4.78 is 24.5. The molecule has 5 heteroatoms. The highest BCUT2D eigenvalue weighted by Crippen LogP contribution is 2.20. The summed E-state index contributed by atoms with van der Waals surface area (Å²) in [5.74, 6) is -0.0685. The van der Waals surface area contributed by atoms with E-state index in [-0.39, 0.29) is 11.5 Å². The number of anilines is 1. The normalized spacial score (nSPS) is 11.5. The first kappa shape index (κ1) is 14.5. The van der Waals surface area contributed by atoms with Crippen LogP contribution in [0.2, 0.25) is 0 Å². The maximum absolute atomic E-state index is 12.2. The lowest BCUT2D eigenvalue weighted by molar-refractivity contribution is 0.593. The molecule has 1 heterocycles. The van der Waals surface area contributed by atoms with E-state index in [1.807, 2.05) is 32.0 Å². The number of hydrogen-bond donors (Lipinski definition) is 1. The zero-order valence-corrected chi connectivity index (χ0v) is 12.4. The minimum absolute atomic E-state index is 0.0166. The molecule has 2 rings (SSSR count). The maximum atomic E-state index is 12.2. The molecule has 0 aliphatic heterocycles. The number of nitrogens with two attached hydrogens (primary N) is 1.